The van der Waals surface area contributed by atoms with Crippen molar-refractivity contribution in [2.45, 2.75) is 6.18 Å². The zero-order chi connectivity index (χ0) is 13.6. The van der Waals surface area contributed by atoms with Crippen LogP contribution in [-0.2, 0) is 6.18 Å². The van der Waals surface area contributed by atoms with Crippen molar-refractivity contribution in [3.05, 3.63) is 35.9 Å². The Balaban J connectivity index is 2.21. The lowest BCUT2D eigenvalue weighted by Gasteiger charge is -2.06. The number of anilines is 1. The molecule has 0 saturated carbocycles. The SMILES string of the molecule is Nc1cc(-c2cc3c(C(F)(F)F)cccc3[nH]2)on1. The Morgan fingerprint density at radius 2 is 2.00 bits per heavy atom. The van der Waals surface area contributed by atoms with E-state index in [1.165, 1.54) is 18.2 Å². The predicted octanol–water partition coefficient (Wildman–Crippen LogP) is 3.42. The van der Waals surface area contributed by atoms with Crippen LogP contribution in [0.2, 0.25) is 0 Å². The Bertz CT molecular complexity index is 742. The van der Waals surface area contributed by atoms with Gasteiger partial charge in [-0.25, -0.2) is 0 Å². The molecule has 2 heterocycles. The lowest BCUT2D eigenvalue weighted by molar-refractivity contribution is -0.136. The van der Waals surface area contributed by atoms with Crippen molar-refractivity contribution in [3.8, 4) is 11.5 Å². The Labute approximate surface area is 105 Å². The summed E-state index contributed by atoms with van der Waals surface area (Å²) in [5.41, 5.74) is 5.49. The van der Waals surface area contributed by atoms with E-state index < -0.39 is 11.7 Å². The van der Waals surface area contributed by atoms with E-state index >= 15 is 0 Å². The van der Waals surface area contributed by atoms with Crippen molar-refractivity contribution in [2.75, 3.05) is 5.73 Å². The summed E-state index contributed by atoms with van der Waals surface area (Å²) in [7, 11) is 0. The summed E-state index contributed by atoms with van der Waals surface area (Å²) in [5.74, 6) is 0.464. The number of benzene rings is 1. The number of fused-ring (bicyclic) bond motifs is 1. The minimum Gasteiger partial charge on any atom is -0.381 e. The average Bonchev–Trinajstić information content (AvgIpc) is 2.92. The fourth-order valence-electron chi connectivity index (χ4n) is 1.95. The molecule has 3 rings (SSSR count). The maximum Gasteiger partial charge on any atom is 0.417 e. The molecule has 0 unspecified atom stereocenters. The van der Waals surface area contributed by atoms with E-state index in [0.717, 1.165) is 6.07 Å². The molecular weight excluding hydrogens is 259 g/mol. The maximum absolute atomic E-state index is 12.9. The highest BCUT2D eigenvalue weighted by Crippen LogP contribution is 2.36. The van der Waals surface area contributed by atoms with E-state index in [1.54, 1.807) is 6.07 Å². The number of nitrogen functional groups attached to an aromatic ring is 1. The topological polar surface area (TPSA) is 67.8 Å². The van der Waals surface area contributed by atoms with Crippen molar-refractivity contribution in [2.24, 2.45) is 0 Å². The number of aromatic amines is 1. The van der Waals surface area contributed by atoms with Gasteiger partial charge in [0.05, 0.1) is 11.3 Å². The Kier molecular flexibility index (Phi) is 2.31. The lowest BCUT2D eigenvalue weighted by Crippen LogP contribution is -2.04. The molecule has 2 aromatic heterocycles. The molecular formula is C12H8F3N3O. The molecule has 0 aliphatic carbocycles. The molecule has 98 valence electrons. The maximum atomic E-state index is 12.9. The number of H-pyrrole nitrogens is 1. The van der Waals surface area contributed by atoms with Gasteiger partial charge in [-0.3, -0.25) is 0 Å². The van der Waals surface area contributed by atoms with Crippen LogP contribution in [0.1, 0.15) is 5.56 Å². The number of nitrogens with zero attached hydrogens (tertiary/aromatic N) is 1. The highest BCUT2D eigenvalue weighted by molar-refractivity contribution is 5.88. The first-order valence-electron chi connectivity index (χ1n) is 5.36. The third-order valence-corrected chi connectivity index (χ3v) is 2.76. The van der Waals surface area contributed by atoms with E-state index in [4.69, 9.17) is 10.3 Å². The van der Waals surface area contributed by atoms with E-state index in [1.807, 2.05) is 0 Å². The molecule has 0 bridgehead atoms. The first-order valence-corrected chi connectivity index (χ1v) is 5.36. The highest BCUT2D eigenvalue weighted by atomic mass is 19.4. The van der Waals surface area contributed by atoms with Crippen LogP contribution >= 0.6 is 0 Å². The van der Waals surface area contributed by atoms with E-state index in [0.29, 0.717) is 17.0 Å². The first-order chi connectivity index (χ1) is 8.95. The van der Waals surface area contributed by atoms with Crippen LogP contribution in [0, 0.1) is 0 Å². The van der Waals surface area contributed by atoms with Gasteiger partial charge in [-0.2, -0.15) is 13.2 Å². The van der Waals surface area contributed by atoms with Crippen LogP contribution in [0.4, 0.5) is 19.0 Å². The van der Waals surface area contributed by atoms with Gasteiger partial charge in [-0.1, -0.05) is 11.2 Å². The van der Waals surface area contributed by atoms with Gasteiger partial charge in [0, 0.05) is 17.0 Å². The number of alkyl halides is 3. The molecule has 0 atom stereocenters. The van der Waals surface area contributed by atoms with Gasteiger partial charge >= 0.3 is 6.18 Å². The predicted molar refractivity (Wildman–Crippen MR) is 63.2 cm³/mol. The second-order valence-corrected chi connectivity index (χ2v) is 4.06. The van der Waals surface area contributed by atoms with Gasteiger partial charge < -0.3 is 15.2 Å². The first kappa shape index (κ1) is 11.6. The lowest BCUT2D eigenvalue weighted by atomic mass is 10.1. The van der Waals surface area contributed by atoms with Crippen LogP contribution in [0.3, 0.4) is 0 Å². The summed E-state index contributed by atoms with van der Waals surface area (Å²) in [5, 5.41) is 3.58. The number of hydrogen-bond donors (Lipinski definition) is 2. The van der Waals surface area contributed by atoms with Crippen molar-refractivity contribution in [1.82, 2.24) is 10.1 Å². The van der Waals surface area contributed by atoms with E-state index in [9.17, 15) is 13.2 Å². The van der Waals surface area contributed by atoms with Gasteiger partial charge in [0.25, 0.3) is 0 Å². The van der Waals surface area contributed by atoms with E-state index in [2.05, 4.69) is 10.1 Å². The Morgan fingerprint density at radius 3 is 2.63 bits per heavy atom. The van der Waals surface area contributed by atoms with Crippen molar-refractivity contribution in [3.63, 3.8) is 0 Å². The van der Waals surface area contributed by atoms with Crippen molar-refractivity contribution < 1.29 is 17.7 Å². The standard InChI is InChI=1S/C12H8F3N3O/c13-12(14,15)7-2-1-3-8-6(7)4-9(17-8)10-5-11(16)18-19-10/h1-5,17H,(H2,16,18). The molecule has 1 aromatic carbocycles. The van der Waals surface area contributed by atoms with Crippen LogP contribution in [0.5, 0.6) is 0 Å². The molecule has 3 N–H and O–H groups in total. The molecule has 3 aromatic rings. The number of aromatic nitrogens is 2. The minimum absolute atomic E-state index is 0.0833. The smallest absolute Gasteiger partial charge is 0.381 e. The Hall–Kier alpha value is -2.44. The monoisotopic (exact) mass is 267 g/mol. The zero-order valence-corrected chi connectivity index (χ0v) is 9.45. The fraction of sp³-hybridized carbons (Fsp3) is 0.0833. The zero-order valence-electron chi connectivity index (χ0n) is 9.45. The third kappa shape index (κ3) is 1.92. The Morgan fingerprint density at radius 1 is 1.21 bits per heavy atom. The molecule has 0 spiro atoms. The number of rotatable bonds is 1. The van der Waals surface area contributed by atoms with Gasteiger partial charge in [-0.05, 0) is 18.2 Å². The number of nitrogens with one attached hydrogen (secondary N) is 1. The second kappa shape index (κ2) is 3.78. The van der Waals surface area contributed by atoms with E-state index in [-0.39, 0.29) is 11.2 Å². The van der Waals surface area contributed by atoms with Gasteiger partial charge in [0.2, 0.25) is 0 Å². The minimum atomic E-state index is -4.40. The van der Waals surface area contributed by atoms with Crippen LogP contribution in [-0.4, -0.2) is 10.1 Å². The molecule has 0 aliphatic rings. The molecule has 7 heteroatoms. The summed E-state index contributed by atoms with van der Waals surface area (Å²) in [6, 6.07) is 6.76. The summed E-state index contributed by atoms with van der Waals surface area (Å²) in [6.07, 6.45) is -4.40. The van der Waals surface area contributed by atoms with Gasteiger partial charge in [0.1, 0.15) is 0 Å². The number of hydrogen-bond acceptors (Lipinski definition) is 3. The summed E-state index contributed by atoms with van der Waals surface area (Å²) >= 11 is 0. The molecule has 0 fully saturated rings. The second-order valence-electron chi connectivity index (χ2n) is 4.06. The third-order valence-electron chi connectivity index (χ3n) is 2.76. The molecule has 0 radical (unpaired) electrons. The molecule has 0 aliphatic heterocycles. The number of halogens is 3. The summed E-state index contributed by atoms with van der Waals surface area (Å²) in [6.45, 7) is 0. The van der Waals surface area contributed by atoms with Crippen molar-refractivity contribution in [1.29, 1.82) is 0 Å². The average molecular weight is 267 g/mol. The molecule has 4 nitrogen and oxygen atoms in total. The normalized spacial score (nSPS) is 12.2. The van der Waals surface area contributed by atoms with Crippen LogP contribution in [0.15, 0.2) is 34.9 Å². The number of nitrogens with two attached hydrogens (primary N) is 1. The molecule has 0 saturated heterocycles. The van der Waals surface area contributed by atoms with Gasteiger partial charge in [0.15, 0.2) is 11.6 Å². The summed E-state index contributed by atoms with van der Waals surface area (Å²) in [4.78, 5) is 2.85. The molecule has 19 heavy (non-hydrogen) atoms. The fourth-order valence-corrected chi connectivity index (χ4v) is 1.95. The highest BCUT2D eigenvalue weighted by Gasteiger charge is 2.32. The molecule has 0 amide bonds. The van der Waals surface area contributed by atoms with Crippen LogP contribution in [0.25, 0.3) is 22.4 Å². The largest absolute Gasteiger partial charge is 0.417 e. The quantitative estimate of drug-likeness (QED) is 0.709. The summed E-state index contributed by atoms with van der Waals surface area (Å²) < 4.78 is 43.5. The van der Waals surface area contributed by atoms with Gasteiger partial charge in [-0.15, -0.1) is 0 Å². The van der Waals surface area contributed by atoms with Crippen molar-refractivity contribution >= 4 is 16.7 Å². The van der Waals surface area contributed by atoms with Crippen LogP contribution < -0.4 is 5.73 Å².